The molecule has 1 rings (SSSR count). The van der Waals surface area contributed by atoms with Gasteiger partial charge in [-0.1, -0.05) is 0 Å². The van der Waals surface area contributed by atoms with Crippen LogP contribution in [0.2, 0.25) is 0 Å². The van der Waals surface area contributed by atoms with Crippen molar-refractivity contribution in [3.8, 4) is 0 Å². The highest BCUT2D eigenvalue weighted by atomic mass is 19.2. The maximum atomic E-state index is 13.1. The average molecular weight is 262 g/mol. The Bertz CT molecular complexity index is 494. The lowest BCUT2D eigenvalue weighted by Gasteiger charge is -2.11. The van der Waals surface area contributed by atoms with Gasteiger partial charge in [0.1, 0.15) is 11.9 Å². The van der Waals surface area contributed by atoms with Gasteiger partial charge in [-0.3, -0.25) is 4.79 Å². The first kappa shape index (κ1) is 13.8. The molecule has 0 aromatic heterocycles. The van der Waals surface area contributed by atoms with Crippen LogP contribution in [0.1, 0.15) is 6.92 Å². The Hall–Kier alpha value is -2.25. The molecule has 3 N–H and O–H groups in total. The number of rotatable bonds is 3. The minimum atomic E-state index is -1.39. The fraction of sp³-hybridized carbons (Fsp3) is 0.200. The molecular weight excluding hydrogens is 253 g/mol. The van der Waals surface area contributed by atoms with Crippen molar-refractivity contribution in [3.05, 3.63) is 29.6 Å². The number of benzene rings is 1. The summed E-state index contributed by atoms with van der Waals surface area (Å²) in [7, 11) is 0. The highest BCUT2D eigenvalue weighted by molar-refractivity contribution is 5.92. The number of aliphatic carboxylic acids is 1. The van der Waals surface area contributed by atoms with Crippen LogP contribution in [0.4, 0.5) is 23.7 Å². The number of hydrogen-bond acceptors (Lipinski definition) is 2. The first-order valence-electron chi connectivity index (χ1n) is 4.76. The fourth-order valence-electron chi connectivity index (χ4n) is 1.04. The number of hydrogen-bond donors (Lipinski definition) is 3. The average Bonchev–Trinajstić information content (AvgIpc) is 2.25. The molecule has 0 radical (unpaired) electrons. The number of carbonyl (C=O) groups excluding carboxylic acids is 1. The third-order valence-corrected chi connectivity index (χ3v) is 1.98. The van der Waals surface area contributed by atoms with Gasteiger partial charge in [-0.15, -0.1) is 0 Å². The molecule has 0 spiro atoms. The Morgan fingerprint density at radius 1 is 1.17 bits per heavy atom. The lowest BCUT2D eigenvalue weighted by Crippen LogP contribution is -2.41. The smallest absolute Gasteiger partial charge is 0.325 e. The first-order valence-corrected chi connectivity index (χ1v) is 4.76. The van der Waals surface area contributed by atoms with Crippen LogP contribution in [-0.2, 0) is 4.79 Å². The summed E-state index contributed by atoms with van der Waals surface area (Å²) in [5, 5.41) is 12.3. The molecule has 1 unspecified atom stereocenters. The third-order valence-electron chi connectivity index (χ3n) is 1.98. The Morgan fingerprint density at radius 2 is 1.72 bits per heavy atom. The van der Waals surface area contributed by atoms with E-state index in [9.17, 15) is 22.8 Å². The van der Waals surface area contributed by atoms with Crippen LogP contribution in [0.5, 0.6) is 0 Å². The molecule has 98 valence electrons. The van der Waals surface area contributed by atoms with Gasteiger partial charge in [0, 0.05) is 12.1 Å². The van der Waals surface area contributed by atoms with Gasteiger partial charge in [-0.25, -0.2) is 18.0 Å². The van der Waals surface area contributed by atoms with Crippen LogP contribution in [0.15, 0.2) is 12.1 Å². The highest BCUT2D eigenvalue weighted by Gasteiger charge is 2.16. The zero-order valence-corrected chi connectivity index (χ0v) is 9.13. The van der Waals surface area contributed by atoms with Crippen molar-refractivity contribution in [2.45, 2.75) is 13.0 Å². The Labute approximate surface area is 99.6 Å². The summed E-state index contributed by atoms with van der Waals surface area (Å²) in [6.07, 6.45) is 0. The zero-order chi connectivity index (χ0) is 13.9. The third kappa shape index (κ3) is 3.37. The number of amides is 2. The summed E-state index contributed by atoms with van der Waals surface area (Å²) < 4.78 is 38.5. The maximum absolute atomic E-state index is 13.1. The molecule has 0 aliphatic rings. The molecule has 0 aliphatic heterocycles. The molecule has 8 heteroatoms. The maximum Gasteiger partial charge on any atom is 0.325 e. The SMILES string of the molecule is CC(NC(=O)Nc1cc(F)c(F)cc1F)C(=O)O. The van der Waals surface area contributed by atoms with Gasteiger partial charge in [0.25, 0.3) is 0 Å². The molecule has 1 aromatic rings. The van der Waals surface area contributed by atoms with Gasteiger partial charge in [-0.2, -0.15) is 0 Å². The van der Waals surface area contributed by atoms with Gasteiger partial charge in [0.05, 0.1) is 5.69 Å². The molecule has 0 fully saturated rings. The van der Waals surface area contributed by atoms with Crippen LogP contribution in [-0.4, -0.2) is 23.1 Å². The van der Waals surface area contributed by atoms with Gasteiger partial charge in [0.15, 0.2) is 11.6 Å². The second kappa shape index (κ2) is 5.39. The van der Waals surface area contributed by atoms with Gasteiger partial charge >= 0.3 is 12.0 Å². The molecule has 18 heavy (non-hydrogen) atoms. The molecule has 5 nitrogen and oxygen atoms in total. The van der Waals surface area contributed by atoms with E-state index in [0.717, 1.165) is 0 Å². The Balaban J connectivity index is 2.76. The molecule has 0 heterocycles. The van der Waals surface area contributed by atoms with E-state index in [1.165, 1.54) is 6.92 Å². The van der Waals surface area contributed by atoms with Gasteiger partial charge in [-0.05, 0) is 6.92 Å². The normalized spacial score (nSPS) is 11.8. The monoisotopic (exact) mass is 262 g/mol. The Morgan fingerprint density at radius 3 is 2.28 bits per heavy atom. The fourth-order valence-corrected chi connectivity index (χ4v) is 1.04. The number of urea groups is 1. The van der Waals surface area contributed by atoms with Crippen LogP contribution < -0.4 is 10.6 Å². The van der Waals surface area contributed by atoms with Gasteiger partial charge in [0.2, 0.25) is 0 Å². The topological polar surface area (TPSA) is 78.4 Å². The number of carboxylic acid groups (broad SMARTS) is 1. The van der Waals surface area contributed by atoms with E-state index < -0.39 is 41.2 Å². The minimum absolute atomic E-state index is 0.269. The summed E-state index contributed by atoms with van der Waals surface area (Å²) in [6, 6.07) is -1.53. The van der Waals surface area contributed by atoms with Crippen LogP contribution in [0.25, 0.3) is 0 Å². The first-order chi connectivity index (χ1) is 8.31. The quantitative estimate of drug-likeness (QED) is 0.725. The molecule has 1 aromatic carbocycles. The summed E-state index contributed by atoms with van der Waals surface area (Å²) >= 11 is 0. The number of halogens is 3. The second-order valence-electron chi connectivity index (χ2n) is 3.40. The van der Waals surface area contributed by atoms with Crippen LogP contribution in [0, 0.1) is 17.5 Å². The summed E-state index contributed by atoms with van der Waals surface area (Å²) in [5.41, 5.74) is -0.594. The van der Waals surface area contributed by atoms with Crippen LogP contribution >= 0.6 is 0 Å². The standard InChI is InChI=1S/C10H9F3N2O3/c1-4(9(16)17)14-10(18)15-8-3-6(12)5(11)2-7(8)13/h2-4H,1H3,(H,16,17)(H2,14,15,18). The largest absolute Gasteiger partial charge is 0.480 e. The zero-order valence-electron chi connectivity index (χ0n) is 9.13. The van der Waals surface area contributed by atoms with E-state index >= 15 is 0 Å². The number of carbonyl (C=O) groups is 2. The van der Waals surface area contributed by atoms with Crippen LogP contribution in [0.3, 0.4) is 0 Å². The van der Waals surface area contributed by atoms with Crippen molar-refractivity contribution < 1.29 is 27.9 Å². The molecule has 0 aliphatic carbocycles. The predicted molar refractivity (Wildman–Crippen MR) is 55.6 cm³/mol. The van der Waals surface area contributed by atoms with E-state index in [1.54, 1.807) is 0 Å². The van der Waals surface area contributed by atoms with E-state index in [-0.39, 0.29) is 6.07 Å². The van der Waals surface area contributed by atoms with E-state index in [4.69, 9.17) is 5.11 Å². The Kier molecular flexibility index (Phi) is 4.13. The van der Waals surface area contributed by atoms with Crippen molar-refractivity contribution in [3.63, 3.8) is 0 Å². The van der Waals surface area contributed by atoms with Crippen molar-refractivity contribution in [2.24, 2.45) is 0 Å². The predicted octanol–water partition coefficient (Wildman–Crippen LogP) is 1.70. The number of carboxylic acids is 1. The highest BCUT2D eigenvalue weighted by Crippen LogP contribution is 2.18. The molecular formula is C10H9F3N2O3. The van der Waals surface area contributed by atoms with Crippen molar-refractivity contribution in [2.75, 3.05) is 5.32 Å². The number of nitrogens with one attached hydrogen (secondary N) is 2. The van der Waals surface area contributed by atoms with Crippen molar-refractivity contribution in [1.29, 1.82) is 0 Å². The number of anilines is 1. The van der Waals surface area contributed by atoms with E-state index in [0.29, 0.717) is 6.07 Å². The van der Waals surface area contributed by atoms with Crippen molar-refractivity contribution >= 4 is 17.7 Å². The summed E-state index contributed by atoms with van der Waals surface area (Å²) in [4.78, 5) is 21.6. The summed E-state index contributed by atoms with van der Waals surface area (Å²) in [5.74, 6) is -5.20. The molecule has 0 saturated heterocycles. The molecule has 0 bridgehead atoms. The minimum Gasteiger partial charge on any atom is -0.480 e. The summed E-state index contributed by atoms with van der Waals surface area (Å²) in [6.45, 7) is 1.18. The van der Waals surface area contributed by atoms with E-state index in [2.05, 4.69) is 0 Å². The van der Waals surface area contributed by atoms with Crippen molar-refractivity contribution in [1.82, 2.24) is 5.32 Å². The second-order valence-corrected chi connectivity index (χ2v) is 3.40. The van der Waals surface area contributed by atoms with Gasteiger partial charge < -0.3 is 15.7 Å². The van der Waals surface area contributed by atoms with E-state index in [1.807, 2.05) is 10.6 Å². The lowest BCUT2D eigenvalue weighted by molar-refractivity contribution is -0.138. The molecule has 1 atom stereocenters. The molecule has 0 saturated carbocycles. The lowest BCUT2D eigenvalue weighted by atomic mass is 10.3. The molecule has 2 amide bonds.